The minimum Gasteiger partial charge on any atom is -0.497 e. The lowest BCUT2D eigenvalue weighted by Crippen LogP contribution is -2.40. The molecule has 36 heavy (non-hydrogen) atoms. The Morgan fingerprint density at radius 3 is 2.53 bits per heavy atom. The second-order valence-corrected chi connectivity index (χ2v) is 11.6. The number of Topliss-reactive ketones (excluding diaryl/α,β-unsaturated/α-hetero) is 1. The fourth-order valence-corrected chi connectivity index (χ4v) is 6.94. The Hall–Kier alpha value is -3.15. The molecule has 1 aliphatic rings. The van der Waals surface area contributed by atoms with Crippen molar-refractivity contribution < 1.29 is 31.5 Å². The number of carbonyl (C=O) groups excluding carboxylic acids is 2. The van der Waals surface area contributed by atoms with E-state index in [-0.39, 0.29) is 48.2 Å². The van der Waals surface area contributed by atoms with Gasteiger partial charge in [-0.1, -0.05) is 6.07 Å². The Labute approximate surface area is 211 Å². The number of nitrogens with one attached hydrogen (secondary N) is 1. The van der Waals surface area contributed by atoms with Gasteiger partial charge in [-0.2, -0.15) is 4.31 Å². The Morgan fingerprint density at radius 1 is 1.08 bits per heavy atom. The van der Waals surface area contributed by atoms with Crippen LogP contribution in [-0.4, -0.2) is 44.6 Å². The molecule has 0 aliphatic carbocycles. The van der Waals surface area contributed by atoms with Crippen molar-refractivity contribution in [3.63, 3.8) is 0 Å². The minimum atomic E-state index is -3.78. The number of hydrogen-bond donors (Lipinski definition) is 1. The van der Waals surface area contributed by atoms with Crippen LogP contribution in [0.5, 0.6) is 5.75 Å². The Kier molecular flexibility index (Phi) is 7.82. The molecule has 2 heterocycles. The molecule has 190 valence electrons. The maximum atomic E-state index is 14.0. The number of carbonyl (C=O) groups is 2. The van der Waals surface area contributed by atoms with Gasteiger partial charge in [0.05, 0.1) is 19.2 Å². The van der Waals surface area contributed by atoms with Crippen molar-refractivity contribution in [1.82, 2.24) is 9.62 Å². The molecule has 7 nitrogen and oxygen atoms in total. The molecular weight excluding hydrogens is 510 g/mol. The summed E-state index contributed by atoms with van der Waals surface area (Å²) in [5.41, 5.74) is 0.244. The summed E-state index contributed by atoms with van der Waals surface area (Å²) in [5.74, 6) is -2.42. The Bertz CT molecular complexity index is 1380. The number of ketones is 1. The van der Waals surface area contributed by atoms with Crippen molar-refractivity contribution in [3.05, 3.63) is 82.2 Å². The number of hydrogen-bond acceptors (Lipinski definition) is 6. The van der Waals surface area contributed by atoms with Gasteiger partial charge in [0.1, 0.15) is 21.6 Å². The smallest absolute Gasteiger partial charge is 0.252 e. The molecule has 2 aromatic carbocycles. The number of sulfonamides is 1. The average Bonchev–Trinajstić information content (AvgIpc) is 3.37. The minimum absolute atomic E-state index is 0.112. The first-order valence-electron chi connectivity index (χ1n) is 11.2. The summed E-state index contributed by atoms with van der Waals surface area (Å²) in [6, 6.07) is 12.7. The summed E-state index contributed by atoms with van der Waals surface area (Å²) in [4.78, 5) is 25.7. The van der Waals surface area contributed by atoms with E-state index in [9.17, 15) is 26.8 Å². The number of rotatable bonds is 8. The van der Waals surface area contributed by atoms with Gasteiger partial charge in [0, 0.05) is 35.5 Å². The van der Waals surface area contributed by atoms with Crippen LogP contribution in [0.1, 0.15) is 38.4 Å². The van der Waals surface area contributed by atoms with Gasteiger partial charge < -0.3 is 10.1 Å². The number of piperidine rings is 1. The predicted octanol–water partition coefficient (Wildman–Crippen LogP) is 4.25. The lowest BCUT2D eigenvalue weighted by Gasteiger charge is -2.30. The molecule has 0 spiro atoms. The summed E-state index contributed by atoms with van der Waals surface area (Å²) in [6.45, 7) is 0.388. The molecule has 1 amide bonds. The van der Waals surface area contributed by atoms with Crippen LogP contribution in [0.2, 0.25) is 0 Å². The van der Waals surface area contributed by atoms with Gasteiger partial charge in [-0.25, -0.2) is 17.2 Å². The van der Waals surface area contributed by atoms with E-state index in [0.717, 1.165) is 23.5 Å². The average molecular weight is 535 g/mol. The second-order valence-electron chi connectivity index (χ2n) is 8.30. The molecule has 0 unspecified atom stereocenters. The highest BCUT2D eigenvalue weighted by Gasteiger charge is 2.34. The van der Waals surface area contributed by atoms with E-state index in [0.29, 0.717) is 22.3 Å². The van der Waals surface area contributed by atoms with Crippen molar-refractivity contribution in [3.8, 4) is 5.75 Å². The molecule has 1 saturated heterocycles. The molecule has 1 aromatic heterocycles. The van der Waals surface area contributed by atoms with Crippen molar-refractivity contribution in [2.75, 3.05) is 20.2 Å². The maximum absolute atomic E-state index is 14.0. The number of halogens is 2. The molecular formula is C25H24F2N2O5S2. The van der Waals surface area contributed by atoms with Crippen LogP contribution in [0.4, 0.5) is 8.78 Å². The normalized spacial score (nSPS) is 15.0. The molecule has 1 N–H and O–H groups in total. The summed E-state index contributed by atoms with van der Waals surface area (Å²) >= 11 is 1.06. The van der Waals surface area contributed by atoms with Crippen LogP contribution in [0, 0.1) is 17.6 Å². The van der Waals surface area contributed by atoms with Gasteiger partial charge >= 0.3 is 0 Å². The van der Waals surface area contributed by atoms with Gasteiger partial charge in [-0.15, -0.1) is 11.3 Å². The third kappa shape index (κ3) is 5.63. The first-order valence-corrected chi connectivity index (χ1v) is 13.4. The topological polar surface area (TPSA) is 92.8 Å². The molecule has 1 aliphatic heterocycles. The highest BCUT2D eigenvalue weighted by molar-refractivity contribution is 7.91. The zero-order valence-electron chi connectivity index (χ0n) is 19.4. The largest absolute Gasteiger partial charge is 0.497 e. The zero-order chi connectivity index (χ0) is 25.9. The number of benzene rings is 2. The number of methoxy groups -OCH3 is 1. The third-order valence-corrected chi connectivity index (χ3v) is 9.46. The van der Waals surface area contributed by atoms with E-state index in [1.54, 1.807) is 30.3 Å². The fourth-order valence-electron chi connectivity index (χ4n) is 4.02. The van der Waals surface area contributed by atoms with Crippen molar-refractivity contribution in [2.45, 2.75) is 23.6 Å². The Morgan fingerprint density at radius 2 is 1.83 bits per heavy atom. The standard InChI is InChI=1S/C25H24F2N2O5S2/c1-34-19-4-2-3-17(13-19)25(31)28-15-20-6-8-23(35-20)36(32,33)29-11-9-16(10-12-29)24(30)21-7-5-18(26)14-22(21)27/h2-8,13-14,16H,9-12,15H2,1H3,(H,28,31). The van der Waals surface area contributed by atoms with Gasteiger partial charge in [-0.3, -0.25) is 9.59 Å². The third-order valence-electron chi connectivity index (χ3n) is 6.01. The number of amides is 1. The molecule has 1 fully saturated rings. The van der Waals surface area contributed by atoms with Gasteiger partial charge in [0.25, 0.3) is 15.9 Å². The lowest BCUT2D eigenvalue weighted by molar-refractivity contribution is 0.0870. The fraction of sp³-hybridized carbons (Fsp3) is 0.280. The van der Waals surface area contributed by atoms with Crippen LogP contribution < -0.4 is 10.1 Å². The first kappa shape index (κ1) is 25.9. The first-order chi connectivity index (χ1) is 17.2. The van der Waals surface area contributed by atoms with Gasteiger partial charge in [-0.05, 0) is 55.3 Å². The van der Waals surface area contributed by atoms with Crippen molar-refractivity contribution >= 4 is 33.1 Å². The molecule has 0 saturated carbocycles. The molecule has 11 heteroatoms. The highest BCUT2D eigenvalue weighted by Crippen LogP contribution is 2.30. The summed E-state index contributed by atoms with van der Waals surface area (Å²) in [5, 5.41) is 2.77. The van der Waals surface area contributed by atoms with E-state index < -0.39 is 33.4 Å². The van der Waals surface area contributed by atoms with Crippen LogP contribution in [0.15, 0.2) is 58.8 Å². The molecule has 0 atom stereocenters. The maximum Gasteiger partial charge on any atom is 0.252 e. The summed E-state index contributed by atoms with van der Waals surface area (Å²) in [7, 11) is -2.27. The Balaban J connectivity index is 1.35. The number of ether oxygens (including phenoxy) is 1. The van der Waals surface area contributed by atoms with Crippen LogP contribution in [0.25, 0.3) is 0 Å². The van der Waals surface area contributed by atoms with Gasteiger partial charge in [0.15, 0.2) is 5.78 Å². The number of nitrogens with zero attached hydrogens (tertiary/aromatic N) is 1. The van der Waals surface area contributed by atoms with Crippen molar-refractivity contribution in [2.24, 2.45) is 5.92 Å². The zero-order valence-corrected chi connectivity index (χ0v) is 21.0. The summed E-state index contributed by atoms with van der Waals surface area (Å²) in [6.07, 6.45) is 0.480. The molecule has 4 rings (SSSR count). The van der Waals surface area contributed by atoms with E-state index in [4.69, 9.17) is 4.74 Å². The highest BCUT2D eigenvalue weighted by atomic mass is 32.2. The monoisotopic (exact) mass is 534 g/mol. The summed E-state index contributed by atoms with van der Waals surface area (Å²) < 4.78 is 59.9. The van der Waals surface area contributed by atoms with E-state index in [1.807, 2.05) is 0 Å². The van der Waals surface area contributed by atoms with E-state index in [2.05, 4.69) is 5.32 Å². The predicted molar refractivity (Wildman–Crippen MR) is 131 cm³/mol. The van der Waals surface area contributed by atoms with Crippen LogP contribution in [0.3, 0.4) is 0 Å². The second kappa shape index (κ2) is 10.9. The quantitative estimate of drug-likeness (QED) is 0.437. The molecule has 3 aromatic rings. The van der Waals surface area contributed by atoms with Crippen molar-refractivity contribution in [1.29, 1.82) is 0 Å². The van der Waals surface area contributed by atoms with Gasteiger partial charge in [0.2, 0.25) is 0 Å². The molecule has 0 radical (unpaired) electrons. The van der Waals surface area contributed by atoms with Crippen LogP contribution >= 0.6 is 11.3 Å². The van der Waals surface area contributed by atoms with E-state index in [1.165, 1.54) is 17.5 Å². The van der Waals surface area contributed by atoms with E-state index >= 15 is 0 Å². The number of thiophene rings is 1. The van der Waals surface area contributed by atoms with Crippen LogP contribution in [-0.2, 0) is 16.6 Å². The SMILES string of the molecule is COc1cccc(C(=O)NCc2ccc(S(=O)(=O)N3CCC(C(=O)c4ccc(F)cc4F)CC3)s2)c1. The lowest BCUT2D eigenvalue weighted by atomic mass is 9.89. The molecule has 0 bridgehead atoms.